The Morgan fingerprint density at radius 1 is 1.53 bits per heavy atom. The van der Waals surface area contributed by atoms with Crippen LogP contribution in [0, 0.1) is 0 Å². The molecule has 106 valence electrons. The number of nitrogens with one attached hydrogen (secondary N) is 1. The quantitative estimate of drug-likeness (QED) is 0.695. The van der Waals surface area contributed by atoms with Crippen LogP contribution in [0.15, 0.2) is 0 Å². The number of rotatable bonds is 4. The number of amides is 2. The molecular formula is C12H20N4O2S. The summed E-state index contributed by atoms with van der Waals surface area (Å²) >= 11 is 1.45. The number of carbonyl (C=O) groups excluding carboxylic acids is 2. The Balaban J connectivity index is 0.000000861. The van der Waals surface area contributed by atoms with Crippen molar-refractivity contribution in [3.05, 3.63) is 16.0 Å². The molecule has 0 unspecified atom stereocenters. The molecule has 0 spiro atoms. The first kappa shape index (κ1) is 15.6. The van der Waals surface area contributed by atoms with Crippen molar-refractivity contribution in [2.75, 3.05) is 25.5 Å². The number of likely N-dealkylation sites (N-methyl/N-ethyl adjacent to an activating group) is 1. The molecule has 2 heterocycles. The molecule has 2 rings (SSSR count). The molecule has 19 heavy (non-hydrogen) atoms. The molecule has 0 fully saturated rings. The van der Waals surface area contributed by atoms with Gasteiger partial charge in [-0.2, -0.15) is 0 Å². The van der Waals surface area contributed by atoms with Gasteiger partial charge in [-0.25, -0.2) is 0 Å². The van der Waals surface area contributed by atoms with Crippen LogP contribution in [0.3, 0.4) is 0 Å². The molecule has 2 amide bonds. The van der Waals surface area contributed by atoms with Crippen molar-refractivity contribution >= 4 is 28.7 Å². The van der Waals surface area contributed by atoms with Crippen molar-refractivity contribution in [2.45, 2.75) is 19.9 Å². The van der Waals surface area contributed by atoms with Gasteiger partial charge in [-0.15, -0.1) is 11.3 Å². The monoisotopic (exact) mass is 284 g/mol. The molecule has 1 aromatic rings. The summed E-state index contributed by atoms with van der Waals surface area (Å²) in [5.74, 6) is -0.461. The lowest BCUT2D eigenvalue weighted by atomic mass is 10.0. The number of carbonyl (C=O) groups is 2. The van der Waals surface area contributed by atoms with Gasteiger partial charge >= 0.3 is 0 Å². The van der Waals surface area contributed by atoms with Gasteiger partial charge in [0.2, 0.25) is 6.41 Å². The summed E-state index contributed by atoms with van der Waals surface area (Å²) in [5, 5.41) is 3.15. The third-order valence-corrected chi connectivity index (χ3v) is 4.17. The van der Waals surface area contributed by atoms with Crippen molar-refractivity contribution in [1.82, 2.24) is 4.90 Å². The van der Waals surface area contributed by atoms with Crippen LogP contribution in [0.1, 0.15) is 27.7 Å². The molecular weight excluding hydrogens is 264 g/mol. The maximum Gasteiger partial charge on any atom is 0.251 e. The van der Waals surface area contributed by atoms with E-state index in [1.54, 1.807) is 0 Å². The highest BCUT2D eigenvalue weighted by Crippen LogP contribution is 2.36. The fourth-order valence-corrected chi connectivity index (χ4v) is 3.40. The van der Waals surface area contributed by atoms with Gasteiger partial charge in [0.05, 0.1) is 5.56 Å². The lowest BCUT2D eigenvalue weighted by Crippen LogP contribution is -2.30. The van der Waals surface area contributed by atoms with Gasteiger partial charge in [0.1, 0.15) is 5.00 Å². The average Bonchev–Trinajstić information content (AvgIpc) is 2.78. The summed E-state index contributed by atoms with van der Waals surface area (Å²) in [7, 11) is 1.50. The number of nitrogens with zero attached hydrogens (tertiary/aromatic N) is 1. The zero-order chi connectivity index (χ0) is 14.4. The normalized spacial score (nSPS) is 14.1. The fourth-order valence-electron chi connectivity index (χ4n) is 2.14. The molecule has 0 aromatic carbocycles. The fraction of sp³-hybridized carbons (Fsp3) is 0.500. The first-order chi connectivity index (χ1) is 9.17. The lowest BCUT2D eigenvalue weighted by molar-refractivity contribution is -0.105. The van der Waals surface area contributed by atoms with Crippen molar-refractivity contribution in [3.8, 4) is 0 Å². The van der Waals surface area contributed by atoms with E-state index in [4.69, 9.17) is 5.73 Å². The van der Waals surface area contributed by atoms with Crippen molar-refractivity contribution < 1.29 is 9.59 Å². The molecule has 0 radical (unpaired) electrons. The van der Waals surface area contributed by atoms with Crippen LogP contribution >= 0.6 is 11.3 Å². The predicted molar refractivity (Wildman–Crippen MR) is 77.3 cm³/mol. The lowest BCUT2D eigenvalue weighted by Gasteiger charge is -2.25. The number of hydrogen-bond donors (Lipinski definition) is 3. The maximum atomic E-state index is 11.4. The highest BCUT2D eigenvalue weighted by Gasteiger charge is 2.26. The zero-order valence-corrected chi connectivity index (χ0v) is 12.0. The van der Waals surface area contributed by atoms with E-state index >= 15 is 0 Å². The third kappa shape index (κ3) is 3.31. The summed E-state index contributed by atoms with van der Waals surface area (Å²) in [6.07, 6.45) is 1.40. The number of fused-ring (bicyclic) bond motifs is 1. The second-order valence-electron chi connectivity index (χ2n) is 3.95. The molecule has 5 N–H and O–H groups in total. The third-order valence-electron chi connectivity index (χ3n) is 3.02. The number of nitrogens with two attached hydrogens (primary N) is 2. The van der Waals surface area contributed by atoms with Gasteiger partial charge in [0.15, 0.2) is 0 Å². The van der Waals surface area contributed by atoms with Gasteiger partial charge in [-0.3, -0.25) is 14.5 Å². The maximum absolute atomic E-state index is 11.4. The summed E-state index contributed by atoms with van der Waals surface area (Å²) in [4.78, 5) is 25.4. The van der Waals surface area contributed by atoms with E-state index in [-0.39, 0.29) is 0 Å². The van der Waals surface area contributed by atoms with E-state index in [1.807, 2.05) is 0 Å². The van der Waals surface area contributed by atoms with Crippen LogP contribution in [-0.2, 0) is 17.8 Å². The Kier molecular flexibility index (Phi) is 5.94. The van der Waals surface area contributed by atoms with Crippen LogP contribution in [0.4, 0.5) is 5.00 Å². The zero-order valence-electron chi connectivity index (χ0n) is 11.2. The van der Waals surface area contributed by atoms with E-state index in [0.29, 0.717) is 17.0 Å². The standard InChI is InChI=1S/C11H15N3O2S.CH5N/c1-2-14-4-3-7-8(5-14)17-11(13-6-15)9(7)10(12)16;1-2/h6H,2-5H2,1H3,(H2,12,16)(H,13,15);2H2,1H3. The Hall–Kier alpha value is -1.44. The number of hydrogen-bond acceptors (Lipinski definition) is 5. The first-order valence-corrected chi connectivity index (χ1v) is 6.93. The Morgan fingerprint density at radius 3 is 2.74 bits per heavy atom. The van der Waals surface area contributed by atoms with Crippen LogP contribution in [0.5, 0.6) is 0 Å². The van der Waals surface area contributed by atoms with Gasteiger partial charge < -0.3 is 16.8 Å². The molecule has 1 aromatic heterocycles. The second-order valence-corrected chi connectivity index (χ2v) is 5.06. The Morgan fingerprint density at radius 2 is 2.21 bits per heavy atom. The largest absolute Gasteiger partial charge is 0.365 e. The van der Waals surface area contributed by atoms with E-state index < -0.39 is 5.91 Å². The Bertz CT molecular complexity index is 459. The molecule has 0 atom stereocenters. The number of primary amides is 1. The molecule has 1 aliphatic heterocycles. The first-order valence-electron chi connectivity index (χ1n) is 6.12. The number of thiophene rings is 1. The summed E-state index contributed by atoms with van der Waals surface area (Å²) in [6, 6.07) is 0. The molecule has 7 heteroatoms. The van der Waals surface area contributed by atoms with Crippen LogP contribution in [-0.4, -0.2) is 37.4 Å². The predicted octanol–water partition coefficient (Wildman–Crippen LogP) is 0.368. The number of anilines is 1. The highest BCUT2D eigenvalue weighted by molar-refractivity contribution is 7.16. The van der Waals surface area contributed by atoms with Crippen LogP contribution in [0.2, 0.25) is 0 Å². The Labute approximate surface area is 116 Å². The summed E-state index contributed by atoms with van der Waals surface area (Å²) in [5.41, 5.74) is 11.4. The van der Waals surface area contributed by atoms with Crippen molar-refractivity contribution in [3.63, 3.8) is 0 Å². The van der Waals surface area contributed by atoms with E-state index in [0.717, 1.165) is 36.5 Å². The van der Waals surface area contributed by atoms with Gasteiger partial charge in [0, 0.05) is 18.0 Å². The van der Waals surface area contributed by atoms with Crippen molar-refractivity contribution in [1.29, 1.82) is 0 Å². The topological polar surface area (TPSA) is 101 Å². The molecule has 0 aliphatic carbocycles. The second kappa shape index (κ2) is 7.22. The van der Waals surface area contributed by atoms with Crippen LogP contribution in [0.25, 0.3) is 0 Å². The van der Waals surface area contributed by atoms with E-state index in [1.165, 1.54) is 18.4 Å². The SMILES string of the molecule is CCN1CCc2c(sc(NC=O)c2C(N)=O)C1.CN. The van der Waals surface area contributed by atoms with Crippen molar-refractivity contribution in [2.24, 2.45) is 11.5 Å². The molecule has 1 aliphatic rings. The van der Waals surface area contributed by atoms with E-state index in [9.17, 15) is 9.59 Å². The summed E-state index contributed by atoms with van der Waals surface area (Å²) < 4.78 is 0. The van der Waals surface area contributed by atoms with Crippen LogP contribution < -0.4 is 16.8 Å². The molecule has 0 saturated carbocycles. The van der Waals surface area contributed by atoms with Gasteiger partial charge in [-0.1, -0.05) is 6.92 Å². The summed E-state index contributed by atoms with van der Waals surface area (Å²) in [6.45, 7) is 4.86. The minimum Gasteiger partial charge on any atom is -0.365 e. The van der Waals surface area contributed by atoms with Gasteiger partial charge in [0.25, 0.3) is 5.91 Å². The molecule has 0 saturated heterocycles. The molecule has 0 bridgehead atoms. The average molecular weight is 284 g/mol. The van der Waals surface area contributed by atoms with E-state index in [2.05, 4.69) is 22.9 Å². The smallest absolute Gasteiger partial charge is 0.251 e. The highest BCUT2D eigenvalue weighted by atomic mass is 32.1. The van der Waals surface area contributed by atoms with Gasteiger partial charge in [-0.05, 0) is 25.6 Å². The minimum atomic E-state index is -0.461. The molecule has 6 nitrogen and oxygen atoms in total. The minimum absolute atomic E-state index is 0.461.